The molecule has 0 amide bonds. The highest BCUT2D eigenvalue weighted by Gasteiger charge is 2.31. The van der Waals surface area contributed by atoms with Crippen molar-refractivity contribution in [1.82, 2.24) is 0 Å². The number of anilines is 3. The molecule has 8 aromatic rings. The van der Waals surface area contributed by atoms with Gasteiger partial charge in [-0.15, -0.1) is 0 Å². The minimum absolute atomic E-state index is 1.11. The third-order valence-electron chi connectivity index (χ3n) is 10.2. The van der Waals surface area contributed by atoms with E-state index in [4.69, 9.17) is 0 Å². The van der Waals surface area contributed by atoms with Gasteiger partial charge < -0.3 is 4.90 Å². The van der Waals surface area contributed by atoms with Gasteiger partial charge in [0.2, 0.25) is 0 Å². The van der Waals surface area contributed by atoms with Gasteiger partial charge in [-0.3, -0.25) is 0 Å². The van der Waals surface area contributed by atoms with Gasteiger partial charge in [0.1, 0.15) is 0 Å². The van der Waals surface area contributed by atoms with Crippen molar-refractivity contribution in [3.63, 3.8) is 0 Å². The first-order valence-corrected chi connectivity index (χ1v) is 16.9. The van der Waals surface area contributed by atoms with Crippen LogP contribution in [0.1, 0.15) is 0 Å². The monoisotopic (exact) mass is 621 g/mol. The molecular formula is C48H31N. The summed E-state index contributed by atoms with van der Waals surface area (Å²) in [7, 11) is 0. The van der Waals surface area contributed by atoms with Gasteiger partial charge in [-0.05, 0) is 103 Å². The van der Waals surface area contributed by atoms with Crippen molar-refractivity contribution in [2.75, 3.05) is 4.90 Å². The van der Waals surface area contributed by atoms with Gasteiger partial charge in [-0.2, -0.15) is 0 Å². The second-order valence-corrected chi connectivity index (χ2v) is 12.9. The van der Waals surface area contributed by atoms with Crippen LogP contribution in [-0.2, 0) is 0 Å². The van der Waals surface area contributed by atoms with Gasteiger partial charge >= 0.3 is 0 Å². The molecular weight excluding hydrogens is 591 g/mol. The van der Waals surface area contributed by atoms with E-state index in [2.05, 4.69) is 193 Å². The van der Waals surface area contributed by atoms with Crippen LogP contribution in [-0.4, -0.2) is 0 Å². The lowest BCUT2D eigenvalue weighted by Crippen LogP contribution is -2.11. The Balaban J connectivity index is 1.23. The molecule has 0 unspecified atom stereocenters. The predicted molar refractivity (Wildman–Crippen MR) is 206 cm³/mol. The molecule has 8 aromatic carbocycles. The van der Waals surface area contributed by atoms with Crippen LogP contribution in [0.25, 0.3) is 77.9 Å². The summed E-state index contributed by atoms with van der Waals surface area (Å²) in [5.41, 5.74) is 21.1. The Labute approximate surface area is 287 Å². The van der Waals surface area contributed by atoms with Crippen molar-refractivity contribution in [2.24, 2.45) is 0 Å². The van der Waals surface area contributed by atoms with E-state index in [-0.39, 0.29) is 0 Å². The highest BCUT2D eigenvalue weighted by Crippen LogP contribution is 2.58. The van der Waals surface area contributed by atoms with E-state index in [1.54, 1.807) is 0 Å². The van der Waals surface area contributed by atoms with Crippen molar-refractivity contribution < 1.29 is 0 Å². The van der Waals surface area contributed by atoms with Crippen LogP contribution in [0.3, 0.4) is 0 Å². The minimum Gasteiger partial charge on any atom is -0.310 e. The number of hydrogen-bond donors (Lipinski definition) is 0. The van der Waals surface area contributed by atoms with Crippen molar-refractivity contribution in [3.05, 3.63) is 188 Å². The summed E-state index contributed by atoms with van der Waals surface area (Å²) >= 11 is 0. The number of rotatable bonds is 5. The first-order valence-electron chi connectivity index (χ1n) is 16.9. The van der Waals surface area contributed by atoms with E-state index < -0.39 is 0 Å². The van der Waals surface area contributed by atoms with E-state index in [1.165, 1.54) is 77.9 Å². The maximum Gasteiger partial charge on any atom is 0.0540 e. The molecule has 0 spiro atoms. The molecule has 2 aliphatic carbocycles. The van der Waals surface area contributed by atoms with E-state index in [0.29, 0.717) is 0 Å². The van der Waals surface area contributed by atoms with Gasteiger partial charge in [-0.25, -0.2) is 0 Å². The lowest BCUT2D eigenvalue weighted by atomic mass is 9.83. The van der Waals surface area contributed by atoms with E-state index in [9.17, 15) is 0 Å². The smallest absolute Gasteiger partial charge is 0.0540 e. The van der Waals surface area contributed by atoms with Crippen LogP contribution >= 0.6 is 0 Å². The summed E-state index contributed by atoms with van der Waals surface area (Å²) in [5, 5.41) is 0. The highest BCUT2D eigenvalue weighted by atomic mass is 15.1. The summed E-state index contributed by atoms with van der Waals surface area (Å²) in [4.78, 5) is 2.43. The Kier molecular flexibility index (Phi) is 6.25. The first kappa shape index (κ1) is 27.7. The molecule has 0 heterocycles. The third kappa shape index (κ3) is 4.33. The largest absolute Gasteiger partial charge is 0.310 e. The lowest BCUT2D eigenvalue weighted by molar-refractivity contribution is 1.28. The third-order valence-corrected chi connectivity index (χ3v) is 10.2. The maximum atomic E-state index is 2.43. The molecule has 228 valence electrons. The molecule has 49 heavy (non-hydrogen) atoms. The summed E-state index contributed by atoms with van der Waals surface area (Å²) in [5.74, 6) is 0. The molecule has 2 aliphatic rings. The summed E-state index contributed by atoms with van der Waals surface area (Å²) in [6.07, 6.45) is 0. The van der Waals surface area contributed by atoms with Crippen molar-refractivity contribution >= 4 is 17.1 Å². The standard InChI is InChI=1S/C48H31N/c1-3-13-32(14-4-1)33-25-27-35(28-26-33)49(46-24-10-9-17-37(46)34-15-5-2-6-16-34)36-29-30-39-42-21-12-22-43-44-23-11-20-41(48(44)45(39)31-36)38-18-7-8-19-40(38)47(42)43/h1-31H. The number of hydrogen-bond acceptors (Lipinski definition) is 1. The number of fused-ring (bicyclic) bond motifs is 4. The zero-order valence-corrected chi connectivity index (χ0v) is 26.8. The van der Waals surface area contributed by atoms with Gasteiger partial charge in [0.05, 0.1) is 5.69 Å². The first-order chi connectivity index (χ1) is 24.3. The number of para-hydroxylation sites is 1. The van der Waals surface area contributed by atoms with E-state index >= 15 is 0 Å². The average molecular weight is 622 g/mol. The molecule has 1 nitrogen and oxygen atoms in total. The van der Waals surface area contributed by atoms with Crippen molar-refractivity contribution in [1.29, 1.82) is 0 Å². The molecule has 0 N–H and O–H groups in total. The molecule has 0 saturated carbocycles. The quantitative estimate of drug-likeness (QED) is 0.185. The Morgan fingerprint density at radius 2 is 0.694 bits per heavy atom. The highest BCUT2D eigenvalue weighted by molar-refractivity contribution is 6.15. The second-order valence-electron chi connectivity index (χ2n) is 12.9. The molecule has 1 heteroatoms. The predicted octanol–water partition coefficient (Wildman–Crippen LogP) is 13.5. The van der Waals surface area contributed by atoms with Crippen molar-refractivity contribution in [3.8, 4) is 77.9 Å². The average Bonchev–Trinajstić information content (AvgIpc) is 3.29. The number of nitrogens with zero attached hydrogens (tertiary/aromatic N) is 1. The summed E-state index contributed by atoms with van der Waals surface area (Å²) in [6.45, 7) is 0. The fourth-order valence-electron chi connectivity index (χ4n) is 8.02. The molecule has 0 fully saturated rings. The van der Waals surface area contributed by atoms with Crippen LogP contribution < -0.4 is 4.90 Å². The van der Waals surface area contributed by atoms with Crippen LogP contribution in [0, 0.1) is 0 Å². The summed E-state index contributed by atoms with van der Waals surface area (Å²) in [6, 6.07) is 68.8. The zero-order valence-electron chi connectivity index (χ0n) is 26.8. The Morgan fingerprint density at radius 1 is 0.245 bits per heavy atom. The fourth-order valence-corrected chi connectivity index (χ4v) is 8.02. The lowest BCUT2D eigenvalue weighted by Gasteiger charge is -2.29. The van der Waals surface area contributed by atoms with Crippen LogP contribution in [0.15, 0.2) is 188 Å². The Hall–Kier alpha value is -6.44. The molecule has 0 saturated heterocycles. The molecule has 0 aromatic heterocycles. The number of benzene rings is 8. The Morgan fingerprint density at radius 3 is 1.37 bits per heavy atom. The van der Waals surface area contributed by atoms with Gasteiger partial charge in [0.15, 0.2) is 0 Å². The fraction of sp³-hybridized carbons (Fsp3) is 0. The van der Waals surface area contributed by atoms with Crippen molar-refractivity contribution in [2.45, 2.75) is 0 Å². The topological polar surface area (TPSA) is 3.24 Å². The van der Waals surface area contributed by atoms with Gasteiger partial charge in [-0.1, -0.05) is 158 Å². The van der Waals surface area contributed by atoms with Gasteiger partial charge in [0, 0.05) is 16.9 Å². The molecule has 0 aliphatic heterocycles. The van der Waals surface area contributed by atoms with Crippen LogP contribution in [0.5, 0.6) is 0 Å². The van der Waals surface area contributed by atoms with Crippen LogP contribution in [0.4, 0.5) is 17.1 Å². The summed E-state index contributed by atoms with van der Waals surface area (Å²) < 4.78 is 0. The second kappa shape index (κ2) is 11.1. The SMILES string of the molecule is c1ccc(-c2ccc(N(c3ccc4c(c3)-c3c5cccc3-c3cccc-4c3-c3ccccc3-5)c3ccccc3-c3ccccc3)cc2)cc1. The Bertz CT molecular complexity index is 2510. The van der Waals surface area contributed by atoms with Crippen LogP contribution in [0.2, 0.25) is 0 Å². The minimum atomic E-state index is 1.11. The van der Waals surface area contributed by atoms with E-state index in [1.807, 2.05) is 0 Å². The normalized spacial score (nSPS) is 11.7. The molecule has 0 atom stereocenters. The molecule has 10 rings (SSSR count). The molecule has 6 bridgehead atoms. The maximum absolute atomic E-state index is 2.43. The zero-order chi connectivity index (χ0) is 32.3. The van der Waals surface area contributed by atoms with E-state index in [0.717, 1.165) is 17.1 Å². The molecule has 0 radical (unpaired) electrons. The van der Waals surface area contributed by atoms with Gasteiger partial charge in [0.25, 0.3) is 0 Å².